The van der Waals surface area contributed by atoms with E-state index in [-0.39, 0.29) is 5.75 Å². The molecule has 1 atom stereocenters. The van der Waals surface area contributed by atoms with Gasteiger partial charge in [-0.25, -0.2) is 8.42 Å². The first-order valence-corrected chi connectivity index (χ1v) is 8.41. The topological polar surface area (TPSA) is 78.2 Å². The van der Waals surface area contributed by atoms with Gasteiger partial charge in [0.25, 0.3) is 0 Å². The van der Waals surface area contributed by atoms with E-state index < -0.39 is 15.9 Å². The first-order valence-electron chi connectivity index (χ1n) is 5.36. The van der Waals surface area contributed by atoms with Gasteiger partial charge < -0.3 is 5.11 Å². The molecule has 0 heterocycles. The first-order chi connectivity index (χ1) is 8.33. The van der Waals surface area contributed by atoms with Gasteiger partial charge in [0.2, 0.25) is 0 Å². The smallest absolute Gasteiger partial charge is 0.148 e. The highest BCUT2D eigenvalue weighted by atomic mass is 32.2. The summed E-state index contributed by atoms with van der Waals surface area (Å²) in [6, 6.07) is 7.04. The Morgan fingerprint density at radius 3 is 2.67 bits per heavy atom. The zero-order valence-corrected chi connectivity index (χ0v) is 11.9. The van der Waals surface area contributed by atoms with E-state index in [0.717, 1.165) is 4.90 Å². The van der Waals surface area contributed by atoms with Crippen LogP contribution in [0.2, 0.25) is 0 Å². The van der Waals surface area contributed by atoms with E-state index in [1.165, 1.54) is 18.0 Å². The van der Waals surface area contributed by atoms with Crippen molar-refractivity contribution in [3.8, 4) is 6.07 Å². The molecule has 0 aromatic heterocycles. The second-order valence-electron chi connectivity index (χ2n) is 4.02. The van der Waals surface area contributed by atoms with E-state index in [2.05, 4.69) is 0 Å². The molecule has 0 unspecified atom stereocenters. The van der Waals surface area contributed by atoms with Gasteiger partial charge in [0, 0.05) is 16.9 Å². The summed E-state index contributed by atoms with van der Waals surface area (Å²) < 4.78 is 22.1. The molecule has 4 nitrogen and oxygen atoms in total. The standard InChI is InChI=1S/C12H15NO3S2/c1-9(14)11-4-3-10(8-13)7-12(11)17-5-6-18(2,15)16/h3-4,7,9,14H,5-6H2,1-2H3/t9-/m0/s1. The Morgan fingerprint density at radius 2 is 2.17 bits per heavy atom. The van der Waals surface area contributed by atoms with E-state index in [0.29, 0.717) is 16.9 Å². The summed E-state index contributed by atoms with van der Waals surface area (Å²) in [6.45, 7) is 1.64. The van der Waals surface area contributed by atoms with Crippen LogP contribution in [0.3, 0.4) is 0 Å². The van der Waals surface area contributed by atoms with Gasteiger partial charge in [-0.2, -0.15) is 5.26 Å². The number of nitriles is 1. The number of sulfone groups is 1. The van der Waals surface area contributed by atoms with Crippen LogP contribution in [0, 0.1) is 11.3 Å². The number of aliphatic hydroxyl groups excluding tert-OH is 1. The van der Waals surface area contributed by atoms with Gasteiger partial charge >= 0.3 is 0 Å². The van der Waals surface area contributed by atoms with Crippen molar-refractivity contribution in [2.75, 3.05) is 17.8 Å². The number of nitrogens with zero attached hydrogens (tertiary/aromatic N) is 1. The minimum absolute atomic E-state index is 0.0771. The fraction of sp³-hybridized carbons (Fsp3) is 0.417. The predicted octanol–water partition coefficient (Wildman–Crippen LogP) is 1.75. The Hall–Kier alpha value is -1.03. The molecule has 0 aliphatic carbocycles. The van der Waals surface area contributed by atoms with Crippen molar-refractivity contribution in [2.24, 2.45) is 0 Å². The maximum atomic E-state index is 11.0. The van der Waals surface area contributed by atoms with Crippen molar-refractivity contribution < 1.29 is 13.5 Å². The van der Waals surface area contributed by atoms with Crippen molar-refractivity contribution in [3.63, 3.8) is 0 Å². The fourth-order valence-corrected chi connectivity index (χ4v) is 3.76. The molecule has 98 valence electrons. The first kappa shape index (κ1) is 15.0. The Bertz CT molecular complexity index is 559. The van der Waals surface area contributed by atoms with Gasteiger partial charge in [-0.15, -0.1) is 11.8 Å². The maximum absolute atomic E-state index is 11.0. The molecule has 1 aromatic carbocycles. The van der Waals surface area contributed by atoms with Crippen LogP contribution in [0.25, 0.3) is 0 Å². The Kier molecular flexibility index (Phi) is 5.20. The third-order valence-electron chi connectivity index (χ3n) is 2.30. The highest BCUT2D eigenvalue weighted by molar-refractivity contribution is 8.00. The lowest BCUT2D eigenvalue weighted by Gasteiger charge is -2.11. The Labute approximate surface area is 112 Å². The summed E-state index contributed by atoms with van der Waals surface area (Å²) in [4.78, 5) is 0.757. The molecule has 1 aromatic rings. The second-order valence-corrected chi connectivity index (χ2v) is 7.42. The van der Waals surface area contributed by atoms with Gasteiger partial charge in [-0.3, -0.25) is 0 Å². The van der Waals surface area contributed by atoms with E-state index >= 15 is 0 Å². The van der Waals surface area contributed by atoms with Crippen molar-refractivity contribution in [2.45, 2.75) is 17.9 Å². The molecule has 0 saturated carbocycles. The summed E-state index contributed by atoms with van der Waals surface area (Å²) in [5.74, 6) is 0.487. The van der Waals surface area contributed by atoms with Crippen LogP contribution < -0.4 is 0 Å². The molecule has 18 heavy (non-hydrogen) atoms. The highest BCUT2D eigenvalue weighted by Gasteiger charge is 2.10. The molecule has 0 fully saturated rings. The Balaban J connectivity index is 2.88. The number of rotatable bonds is 5. The molecule has 6 heteroatoms. The molecule has 1 rings (SSSR count). The quantitative estimate of drug-likeness (QED) is 0.834. The number of hydrogen-bond donors (Lipinski definition) is 1. The fourth-order valence-electron chi connectivity index (χ4n) is 1.38. The van der Waals surface area contributed by atoms with Gasteiger partial charge in [0.1, 0.15) is 9.84 Å². The SMILES string of the molecule is C[C@H](O)c1ccc(C#N)cc1SCCS(C)(=O)=O. The summed E-state index contributed by atoms with van der Waals surface area (Å²) >= 11 is 1.34. The van der Waals surface area contributed by atoms with Crippen LogP contribution in [-0.2, 0) is 9.84 Å². The molecule has 0 aliphatic rings. The van der Waals surface area contributed by atoms with Crippen molar-refractivity contribution >= 4 is 21.6 Å². The average molecular weight is 285 g/mol. The third kappa shape index (κ3) is 4.69. The molecular weight excluding hydrogens is 270 g/mol. The molecule has 0 amide bonds. The monoisotopic (exact) mass is 285 g/mol. The van der Waals surface area contributed by atoms with Gasteiger partial charge in [0.05, 0.1) is 23.5 Å². The second kappa shape index (κ2) is 6.23. The third-order valence-corrected chi connectivity index (χ3v) is 4.58. The summed E-state index contributed by atoms with van der Waals surface area (Å²) in [5, 5.41) is 18.4. The van der Waals surface area contributed by atoms with Crippen molar-refractivity contribution in [1.29, 1.82) is 5.26 Å². The van der Waals surface area contributed by atoms with Crippen molar-refractivity contribution in [1.82, 2.24) is 0 Å². The van der Waals surface area contributed by atoms with E-state index in [4.69, 9.17) is 5.26 Å². The van der Waals surface area contributed by atoms with Crippen LogP contribution in [0.1, 0.15) is 24.2 Å². The number of aliphatic hydroxyl groups is 1. The normalized spacial score (nSPS) is 13.0. The minimum atomic E-state index is -2.99. The molecule has 0 spiro atoms. The van der Waals surface area contributed by atoms with E-state index in [1.54, 1.807) is 25.1 Å². The summed E-state index contributed by atoms with van der Waals surface area (Å²) in [6.07, 6.45) is 0.549. The van der Waals surface area contributed by atoms with Gasteiger partial charge in [-0.1, -0.05) is 6.07 Å². The van der Waals surface area contributed by atoms with E-state index in [1.807, 2.05) is 6.07 Å². The average Bonchev–Trinajstić information content (AvgIpc) is 2.26. The number of hydrogen-bond acceptors (Lipinski definition) is 5. The van der Waals surface area contributed by atoms with E-state index in [9.17, 15) is 13.5 Å². The number of thioether (sulfide) groups is 1. The highest BCUT2D eigenvalue weighted by Crippen LogP contribution is 2.28. The molecule has 0 bridgehead atoms. The molecule has 0 saturated heterocycles. The van der Waals surface area contributed by atoms with Crippen LogP contribution in [0.5, 0.6) is 0 Å². The lowest BCUT2D eigenvalue weighted by atomic mass is 10.1. The van der Waals surface area contributed by atoms with Gasteiger partial charge in [0.15, 0.2) is 0 Å². The largest absolute Gasteiger partial charge is 0.389 e. The molecule has 0 aliphatic heterocycles. The van der Waals surface area contributed by atoms with Crippen LogP contribution in [-0.4, -0.2) is 31.3 Å². The van der Waals surface area contributed by atoms with Crippen molar-refractivity contribution in [3.05, 3.63) is 29.3 Å². The maximum Gasteiger partial charge on any atom is 0.148 e. The zero-order chi connectivity index (χ0) is 13.8. The zero-order valence-electron chi connectivity index (χ0n) is 10.3. The predicted molar refractivity (Wildman–Crippen MR) is 72.2 cm³/mol. The Morgan fingerprint density at radius 1 is 1.50 bits per heavy atom. The number of benzene rings is 1. The van der Waals surface area contributed by atoms with Gasteiger partial charge in [-0.05, 0) is 24.6 Å². The van der Waals surface area contributed by atoms with Crippen LogP contribution >= 0.6 is 11.8 Å². The molecule has 1 N–H and O–H groups in total. The lowest BCUT2D eigenvalue weighted by Crippen LogP contribution is -2.05. The molecule has 0 radical (unpaired) electrons. The van der Waals surface area contributed by atoms with Crippen LogP contribution in [0.4, 0.5) is 0 Å². The summed E-state index contributed by atoms with van der Waals surface area (Å²) in [5.41, 5.74) is 1.22. The lowest BCUT2D eigenvalue weighted by molar-refractivity contribution is 0.196. The summed E-state index contributed by atoms with van der Waals surface area (Å²) in [7, 11) is -2.99. The minimum Gasteiger partial charge on any atom is -0.389 e. The molecular formula is C12H15NO3S2. The van der Waals surface area contributed by atoms with Crippen LogP contribution in [0.15, 0.2) is 23.1 Å².